The number of aromatic nitrogens is 2. The van der Waals surface area contributed by atoms with Crippen molar-refractivity contribution in [2.75, 3.05) is 23.3 Å². The molecule has 11 heteroatoms. The number of halogens is 3. The van der Waals surface area contributed by atoms with E-state index in [0.29, 0.717) is 35.6 Å². The van der Waals surface area contributed by atoms with E-state index < -0.39 is 17.6 Å². The topological polar surface area (TPSA) is 87.6 Å². The zero-order chi connectivity index (χ0) is 22.0. The highest BCUT2D eigenvalue weighted by Gasteiger charge is 2.33. The minimum Gasteiger partial charge on any atom is -0.419 e. The van der Waals surface area contributed by atoms with Crippen molar-refractivity contribution < 1.29 is 23.4 Å². The summed E-state index contributed by atoms with van der Waals surface area (Å²) in [4.78, 5) is 18.5. The number of alkyl halides is 3. The second-order valence-corrected chi connectivity index (χ2v) is 7.96. The van der Waals surface area contributed by atoms with Gasteiger partial charge in [0.25, 0.3) is 5.91 Å². The lowest BCUT2D eigenvalue weighted by molar-refractivity contribution is -0.0961. The maximum absolute atomic E-state index is 13.5. The highest BCUT2D eigenvalue weighted by atomic mass is 35.5. The molecule has 1 amide bonds. The van der Waals surface area contributed by atoms with Crippen LogP contribution < -0.4 is 15.0 Å². The number of anilines is 2. The first-order chi connectivity index (χ1) is 14.8. The molecule has 0 radical (unpaired) electrons. The van der Waals surface area contributed by atoms with Gasteiger partial charge in [0.1, 0.15) is 5.75 Å². The molecule has 1 atom stereocenters. The monoisotopic (exact) mass is 466 g/mol. The van der Waals surface area contributed by atoms with Gasteiger partial charge in [0.2, 0.25) is 0 Å². The maximum atomic E-state index is 13.5. The number of carbonyl (C=O) groups is 1. The summed E-state index contributed by atoms with van der Waals surface area (Å²) in [5.41, 5.74) is -2.20. The Morgan fingerprint density at radius 1 is 1.35 bits per heavy atom. The van der Waals surface area contributed by atoms with Crippen LogP contribution >= 0.6 is 23.1 Å². The number of pyridine rings is 1. The molecule has 2 N–H and O–H groups in total. The summed E-state index contributed by atoms with van der Waals surface area (Å²) >= 11 is 6.18. The lowest BCUT2D eigenvalue weighted by Crippen LogP contribution is -2.25. The molecule has 4 rings (SSSR count). The van der Waals surface area contributed by atoms with Crippen molar-refractivity contribution in [1.29, 1.82) is 0 Å². The van der Waals surface area contributed by atoms with Crippen molar-refractivity contribution in [3.05, 3.63) is 53.7 Å². The van der Waals surface area contributed by atoms with Crippen LogP contribution in [0.15, 0.2) is 48.1 Å². The van der Waals surface area contributed by atoms with Crippen LogP contribution in [-0.2, 0) is 0 Å². The van der Waals surface area contributed by atoms with E-state index in [1.807, 2.05) is 0 Å². The molecule has 1 saturated heterocycles. The van der Waals surface area contributed by atoms with Crippen LogP contribution in [0.1, 0.15) is 16.8 Å². The van der Waals surface area contributed by atoms with Gasteiger partial charge in [0, 0.05) is 42.5 Å². The first kappa shape index (κ1) is 21.4. The first-order valence-electron chi connectivity index (χ1n) is 9.30. The number of hydrogen-bond acceptors (Lipinski definition) is 7. The zero-order valence-corrected chi connectivity index (χ0v) is 17.5. The van der Waals surface area contributed by atoms with Crippen LogP contribution in [-0.4, -0.2) is 45.1 Å². The van der Waals surface area contributed by atoms with E-state index in [4.69, 9.17) is 16.3 Å². The third kappa shape index (κ3) is 4.92. The Hall–Kier alpha value is -2.82. The molecule has 31 heavy (non-hydrogen) atoms. The van der Waals surface area contributed by atoms with Crippen LogP contribution in [0, 0.1) is 0 Å². The Bertz CT molecular complexity index is 1060. The van der Waals surface area contributed by atoms with E-state index in [1.165, 1.54) is 18.3 Å². The lowest BCUT2D eigenvalue weighted by Gasteiger charge is -2.26. The van der Waals surface area contributed by atoms with Gasteiger partial charge in [-0.05, 0) is 48.3 Å². The minimum atomic E-state index is -3.94. The molecule has 0 spiro atoms. The van der Waals surface area contributed by atoms with Crippen LogP contribution in [0.25, 0.3) is 11.3 Å². The molecule has 7 nitrogen and oxygen atoms in total. The van der Waals surface area contributed by atoms with Gasteiger partial charge < -0.3 is 20.1 Å². The zero-order valence-electron chi connectivity index (χ0n) is 16.0. The molecule has 0 bridgehead atoms. The Labute approximate surface area is 185 Å². The summed E-state index contributed by atoms with van der Waals surface area (Å²) < 4.78 is 36.0. The molecule has 2 aromatic heterocycles. The molecular formula is C20H17ClF2N4O3S. The summed E-state index contributed by atoms with van der Waals surface area (Å²) in [5, 5.41) is 14.6. The van der Waals surface area contributed by atoms with Crippen molar-refractivity contribution in [3.63, 3.8) is 0 Å². The van der Waals surface area contributed by atoms with Crippen molar-refractivity contribution in [2.24, 2.45) is 0 Å². The molecule has 1 fully saturated rings. The maximum Gasteiger partial charge on any atom is 0.487 e. The fourth-order valence-corrected chi connectivity index (χ4v) is 4.04. The average Bonchev–Trinajstić information content (AvgIpc) is 3.40. The number of ether oxygens (including phenoxy) is 1. The molecule has 162 valence electrons. The van der Waals surface area contributed by atoms with Gasteiger partial charge >= 0.3 is 5.57 Å². The van der Waals surface area contributed by atoms with Crippen LogP contribution in [0.5, 0.6) is 5.75 Å². The number of aliphatic hydroxyl groups is 1. The third-order valence-electron chi connectivity index (χ3n) is 4.71. The highest BCUT2D eigenvalue weighted by molar-refractivity contribution is 7.03. The Kier molecular flexibility index (Phi) is 6.03. The van der Waals surface area contributed by atoms with Gasteiger partial charge in [-0.2, -0.15) is 4.37 Å². The average molecular weight is 467 g/mol. The van der Waals surface area contributed by atoms with E-state index in [-0.39, 0.29) is 17.9 Å². The van der Waals surface area contributed by atoms with E-state index in [2.05, 4.69) is 14.7 Å². The number of carbonyl (C=O) groups excluding carboxylic acids is 1. The predicted molar refractivity (Wildman–Crippen MR) is 114 cm³/mol. The second-order valence-electron chi connectivity index (χ2n) is 6.85. The highest BCUT2D eigenvalue weighted by Crippen LogP contribution is 2.46. The molecule has 3 aromatic rings. The summed E-state index contributed by atoms with van der Waals surface area (Å²) in [5.74, 6) is -0.615. The van der Waals surface area contributed by atoms with Crippen LogP contribution in [0.4, 0.5) is 20.2 Å². The second kappa shape index (κ2) is 8.74. The molecule has 1 aromatic carbocycles. The Morgan fingerprint density at radius 2 is 2.19 bits per heavy atom. The third-order valence-corrected chi connectivity index (χ3v) is 5.35. The summed E-state index contributed by atoms with van der Waals surface area (Å²) in [6.07, 6.45) is 2.86. The fourth-order valence-electron chi connectivity index (χ4n) is 3.44. The van der Waals surface area contributed by atoms with E-state index in [9.17, 15) is 18.7 Å². The van der Waals surface area contributed by atoms with Gasteiger partial charge in [-0.3, -0.25) is 9.78 Å². The minimum absolute atomic E-state index is 0.193. The molecule has 0 saturated carbocycles. The Balaban J connectivity index is 1.84. The van der Waals surface area contributed by atoms with Crippen molar-refractivity contribution in [3.8, 4) is 17.0 Å². The number of β-amino-alcohol motifs (C(OH)–C–C–N with tert-alkyl or cyclic N) is 1. The number of aliphatic hydroxyl groups excluding tert-OH is 1. The quantitative estimate of drug-likeness (QED) is 0.529. The summed E-state index contributed by atoms with van der Waals surface area (Å²) in [6.45, 7) is 0.711. The van der Waals surface area contributed by atoms with Gasteiger partial charge in [0.15, 0.2) is 0 Å². The van der Waals surface area contributed by atoms with Crippen molar-refractivity contribution in [1.82, 2.24) is 9.36 Å². The van der Waals surface area contributed by atoms with Gasteiger partial charge in [0.05, 0.1) is 34.3 Å². The van der Waals surface area contributed by atoms with Crippen LogP contribution in [0.3, 0.4) is 0 Å². The van der Waals surface area contributed by atoms with Crippen molar-refractivity contribution >= 4 is 40.4 Å². The van der Waals surface area contributed by atoms with Gasteiger partial charge in [-0.15, -0.1) is 8.78 Å². The Morgan fingerprint density at radius 3 is 2.81 bits per heavy atom. The molecule has 0 aliphatic carbocycles. The van der Waals surface area contributed by atoms with E-state index in [0.717, 1.165) is 11.5 Å². The lowest BCUT2D eigenvalue weighted by atomic mass is 10.0. The van der Waals surface area contributed by atoms with E-state index >= 15 is 0 Å². The molecule has 3 heterocycles. The summed E-state index contributed by atoms with van der Waals surface area (Å²) in [6, 6.07) is 7.66. The predicted octanol–water partition coefficient (Wildman–Crippen LogP) is 4.20. The fraction of sp³-hybridized carbons (Fsp3) is 0.250. The number of benzene rings is 1. The molecule has 1 aliphatic heterocycles. The number of nitrogens with zero attached hydrogens (tertiary/aromatic N) is 3. The standard InChI is InChI=1S/C20H17ClF2N4O3S/c21-20(22,23)30-16-4-3-15(25-19(29)12-2-1-7-24-10-12)18(27-8-5-13(28)11-27)17(16)14-6-9-31-26-14/h1-4,6-7,9-10,13,28H,5,8,11H2,(H,25,29)/t13-/m1/s1. The molecular weight excluding hydrogens is 450 g/mol. The van der Waals surface area contributed by atoms with Gasteiger partial charge in [-0.25, -0.2) is 0 Å². The molecule has 1 aliphatic rings. The first-order valence-corrected chi connectivity index (χ1v) is 10.5. The van der Waals surface area contributed by atoms with E-state index in [1.54, 1.807) is 34.7 Å². The number of hydrogen-bond donors (Lipinski definition) is 2. The number of nitrogens with one attached hydrogen (secondary N) is 1. The van der Waals surface area contributed by atoms with Crippen molar-refractivity contribution in [2.45, 2.75) is 18.1 Å². The van der Waals surface area contributed by atoms with Gasteiger partial charge in [-0.1, -0.05) is 0 Å². The summed E-state index contributed by atoms with van der Waals surface area (Å²) in [7, 11) is 0. The number of amides is 1. The molecule has 0 unspecified atom stereocenters. The van der Waals surface area contributed by atoms with Crippen LogP contribution in [0.2, 0.25) is 0 Å². The normalized spacial score (nSPS) is 16.4. The SMILES string of the molecule is O=C(Nc1ccc(OC(F)(F)Cl)c(-c2ccsn2)c1N1CC[C@@H](O)C1)c1cccnc1. The largest absolute Gasteiger partial charge is 0.487 e. The smallest absolute Gasteiger partial charge is 0.419 e. The number of rotatable bonds is 6.